The fraction of sp³-hybridized carbons (Fsp3) is 0.406. The molecule has 2 fully saturated rings. The molecule has 6 rings (SSSR count). The quantitative estimate of drug-likeness (QED) is 0.549. The lowest BCUT2D eigenvalue weighted by Gasteiger charge is -2.40. The van der Waals surface area contributed by atoms with Gasteiger partial charge in [0.05, 0.1) is 37.2 Å². The molecule has 0 saturated carbocycles. The van der Waals surface area contributed by atoms with Crippen LogP contribution in [0.2, 0.25) is 0 Å². The number of ether oxygens (including phenoxy) is 2. The van der Waals surface area contributed by atoms with Crippen LogP contribution in [0.15, 0.2) is 78.9 Å². The van der Waals surface area contributed by atoms with Gasteiger partial charge in [-0.05, 0) is 49.7 Å². The topological polar surface area (TPSA) is 99.6 Å². The van der Waals surface area contributed by atoms with E-state index in [2.05, 4.69) is 0 Å². The van der Waals surface area contributed by atoms with Crippen molar-refractivity contribution in [3.63, 3.8) is 0 Å². The van der Waals surface area contributed by atoms with Crippen molar-refractivity contribution < 1.29 is 29.0 Å². The minimum absolute atomic E-state index is 0.215. The van der Waals surface area contributed by atoms with E-state index in [9.17, 15) is 19.5 Å². The molecular formula is C32H35N3O6. The highest BCUT2D eigenvalue weighted by atomic mass is 16.5. The highest BCUT2D eigenvalue weighted by Gasteiger charge is 2.75. The molecule has 2 saturated heterocycles. The zero-order chi connectivity index (χ0) is 28.9. The van der Waals surface area contributed by atoms with Crippen molar-refractivity contribution in [2.75, 3.05) is 36.6 Å². The molecule has 4 aliphatic heterocycles. The number of likely N-dealkylation sites (tertiary alicyclic amines) is 1. The van der Waals surface area contributed by atoms with E-state index in [1.807, 2.05) is 61.6 Å². The largest absolute Gasteiger partial charge is 0.497 e. The average molecular weight is 558 g/mol. The molecule has 4 aliphatic rings. The van der Waals surface area contributed by atoms with Crippen LogP contribution < -0.4 is 14.5 Å². The predicted octanol–water partition coefficient (Wildman–Crippen LogP) is 2.94. The van der Waals surface area contributed by atoms with E-state index in [1.165, 1.54) is 4.90 Å². The maximum atomic E-state index is 14.5. The SMILES string of the molecule is CC[C@@]12C=CCN(c3ccccc3)C(=O)[C@@H]1[C@H]1C(=O)N([C@H](C)CO)C3C(=O)N(c4ccc(OC)cc4)CC=C[C@@]31O2. The van der Waals surface area contributed by atoms with Gasteiger partial charge < -0.3 is 29.3 Å². The number of aliphatic hydroxyl groups excluding tert-OH is 1. The Morgan fingerprint density at radius 3 is 2.17 bits per heavy atom. The summed E-state index contributed by atoms with van der Waals surface area (Å²) in [5.74, 6) is -2.04. The third-order valence-electron chi connectivity index (χ3n) is 9.07. The number of hydrogen-bond donors (Lipinski definition) is 1. The number of benzene rings is 2. The second kappa shape index (κ2) is 10.2. The van der Waals surface area contributed by atoms with E-state index in [-0.39, 0.29) is 30.9 Å². The summed E-state index contributed by atoms with van der Waals surface area (Å²) in [6.45, 7) is 3.93. The molecule has 9 heteroatoms. The van der Waals surface area contributed by atoms with Crippen LogP contribution in [0.4, 0.5) is 11.4 Å². The number of hydrogen-bond acceptors (Lipinski definition) is 6. The number of amides is 3. The summed E-state index contributed by atoms with van der Waals surface area (Å²) < 4.78 is 12.3. The average Bonchev–Trinajstić information content (AvgIpc) is 3.30. The van der Waals surface area contributed by atoms with Crippen molar-refractivity contribution in [1.29, 1.82) is 0 Å². The van der Waals surface area contributed by atoms with E-state index in [4.69, 9.17) is 9.47 Å². The van der Waals surface area contributed by atoms with Crippen LogP contribution in [0.5, 0.6) is 5.75 Å². The maximum absolute atomic E-state index is 14.5. The van der Waals surface area contributed by atoms with Crippen LogP contribution in [-0.2, 0) is 19.1 Å². The molecule has 0 aromatic heterocycles. The number of anilines is 2. The van der Waals surface area contributed by atoms with E-state index >= 15 is 0 Å². The third-order valence-corrected chi connectivity index (χ3v) is 9.07. The van der Waals surface area contributed by atoms with Crippen LogP contribution in [0.1, 0.15) is 20.3 Å². The number of nitrogens with zero attached hydrogens (tertiary/aromatic N) is 3. The number of aliphatic hydroxyl groups is 1. The van der Waals surface area contributed by atoms with E-state index in [0.29, 0.717) is 24.4 Å². The molecule has 214 valence electrons. The lowest BCUT2D eigenvalue weighted by molar-refractivity contribution is -0.148. The second-order valence-corrected chi connectivity index (χ2v) is 11.1. The van der Waals surface area contributed by atoms with Gasteiger partial charge in [0.25, 0.3) is 5.91 Å². The summed E-state index contributed by atoms with van der Waals surface area (Å²) in [5, 5.41) is 10.2. The normalized spacial score (nSPS) is 31.5. The predicted molar refractivity (Wildman–Crippen MR) is 153 cm³/mol. The third kappa shape index (κ3) is 3.94. The molecule has 6 atom stereocenters. The molecule has 2 aromatic rings. The first-order chi connectivity index (χ1) is 19.8. The van der Waals surface area contributed by atoms with Crippen molar-refractivity contribution in [3.05, 3.63) is 78.9 Å². The first-order valence-electron chi connectivity index (χ1n) is 14.1. The van der Waals surface area contributed by atoms with Gasteiger partial charge in [0.2, 0.25) is 11.8 Å². The summed E-state index contributed by atoms with van der Waals surface area (Å²) in [6.07, 6.45) is 7.96. The summed E-state index contributed by atoms with van der Waals surface area (Å²) in [7, 11) is 1.58. The summed E-state index contributed by atoms with van der Waals surface area (Å²) in [4.78, 5) is 48.2. The Kier molecular flexibility index (Phi) is 6.74. The van der Waals surface area contributed by atoms with Gasteiger partial charge in [-0.15, -0.1) is 0 Å². The Balaban J connectivity index is 1.49. The zero-order valence-electron chi connectivity index (χ0n) is 23.5. The smallest absolute Gasteiger partial charge is 0.253 e. The number of carbonyl (C=O) groups is 3. The van der Waals surface area contributed by atoms with Crippen molar-refractivity contribution >= 4 is 29.1 Å². The first-order valence-corrected chi connectivity index (χ1v) is 14.1. The van der Waals surface area contributed by atoms with Crippen LogP contribution in [0, 0.1) is 11.8 Å². The maximum Gasteiger partial charge on any atom is 0.253 e. The Morgan fingerprint density at radius 2 is 1.54 bits per heavy atom. The van der Waals surface area contributed by atoms with Gasteiger partial charge in [-0.2, -0.15) is 0 Å². The highest BCUT2D eigenvalue weighted by molar-refractivity contribution is 6.07. The molecule has 4 heterocycles. The standard InChI is InChI=1S/C32H35N3O6/c1-4-31-16-8-18-33(22-10-6-5-7-11-22)28(37)25(31)26-29(38)35(21(2)20-36)27-30(39)34(19-9-17-32(26,27)41-31)23-12-14-24(40-3)15-13-23/h5-17,21,25-27,36H,4,18-20H2,1-3H3/t21-,25+,26+,27?,31-,32+/m1/s1. The molecular weight excluding hydrogens is 522 g/mol. The van der Waals surface area contributed by atoms with Crippen molar-refractivity contribution in [1.82, 2.24) is 4.90 Å². The number of rotatable bonds is 6. The van der Waals surface area contributed by atoms with Crippen LogP contribution in [-0.4, -0.2) is 77.8 Å². The molecule has 1 spiro atoms. The highest BCUT2D eigenvalue weighted by Crippen LogP contribution is 2.59. The second-order valence-electron chi connectivity index (χ2n) is 11.1. The minimum atomic E-state index is -1.39. The molecule has 0 radical (unpaired) electrons. The Hall–Kier alpha value is -3.95. The van der Waals surface area contributed by atoms with Crippen LogP contribution >= 0.6 is 0 Å². The summed E-state index contributed by atoms with van der Waals surface area (Å²) in [5.41, 5.74) is -1.09. The lowest BCUT2D eigenvalue weighted by Crippen LogP contribution is -2.58. The van der Waals surface area contributed by atoms with Gasteiger partial charge in [-0.3, -0.25) is 14.4 Å². The van der Waals surface area contributed by atoms with Crippen molar-refractivity contribution in [3.8, 4) is 5.75 Å². The molecule has 9 nitrogen and oxygen atoms in total. The van der Waals surface area contributed by atoms with E-state index < -0.39 is 35.1 Å². The summed E-state index contributed by atoms with van der Waals surface area (Å²) >= 11 is 0. The number of para-hydroxylation sites is 1. The van der Waals surface area contributed by atoms with E-state index in [0.717, 1.165) is 5.69 Å². The van der Waals surface area contributed by atoms with Gasteiger partial charge in [-0.25, -0.2) is 0 Å². The minimum Gasteiger partial charge on any atom is -0.497 e. The summed E-state index contributed by atoms with van der Waals surface area (Å²) in [6, 6.07) is 14.8. The monoisotopic (exact) mass is 557 g/mol. The van der Waals surface area contributed by atoms with Crippen LogP contribution in [0.3, 0.4) is 0 Å². The Morgan fingerprint density at radius 1 is 0.902 bits per heavy atom. The Labute approximate surface area is 239 Å². The van der Waals surface area contributed by atoms with E-state index in [1.54, 1.807) is 48.1 Å². The zero-order valence-corrected chi connectivity index (χ0v) is 23.5. The van der Waals surface area contributed by atoms with Crippen molar-refractivity contribution in [2.24, 2.45) is 11.8 Å². The van der Waals surface area contributed by atoms with Crippen molar-refractivity contribution in [2.45, 2.75) is 43.6 Å². The molecule has 41 heavy (non-hydrogen) atoms. The molecule has 0 bridgehead atoms. The fourth-order valence-electron chi connectivity index (χ4n) is 7.10. The number of carbonyl (C=O) groups excluding carboxylic acids is 3. The molecule has 1 unspecified atom stereocenters. The molecule has 1 N–H and O–H groups in total. The van der Waals surface area contributed by atoms with Crippen LogP contribution in [0.25, 0.3) is 0 Å². The van der Waals surface area contributed by atoms with Gasteiger partial charge in [0, 0.05) is 24.5 Å². The van der Waals surface area contributed by atoms with Gasteiger partial charge in [0.15, 0.2) is 0 Å². The van der Waals surface area contributed by atoms with Gasteiger partial charge >= 0.3 is 0 Å². The fourth-order valence-corrected chi connectivity index (χ4v) is 7.10. The first kappa shape index (κ1) is 27.2. The van der Waals surface area contributed by atoms with Gasteiger partial charge in [0.1, 0.15) is 17.4 Å². The number of fused-ring (bicyclic) bond motifs is 2. The van der Waals surface area contributed by atoms with Gasteiger partial charge in [-0.1, -0.05) is 49.4 Å². The molecule has 0 aliphatic carbocycles. The number of methoxy groups -OCH3 is 1. The molecule has 2 aromatic carbocycles. The lowest BCUT2D eigenvalue weighted by atomic mass is 9.73. The Bertz CT molecular complexity index is 1410. The molecule has 3 amide bonds.